The number of fused-ring (bicyclic) bond motifs is 2. The number of nitrogens with one attached hydrogen (secondary N) is 2. The largest absolute Gasteiger partial charge is 0.493 e. The van der Waals surface area contributed by atoms with Gasteiger partial charge in [-0.25, -0.2) is 0 Å². The van der Waals surface area contributed by atoms with E-state index in [-0.39, 0.29) is 12.0 Å². The van der Waals surface area contributed by atoms with Gasteiger partial charge in [0.15, 0.2) is 5.82 Å². The van der Waals surface area contributed by atoms with Crippen LogP contribution in [0.5, 0.6) is 5.75 Å². The molecule has 0 spiro atoms. The maximum atomic E-state index is 5.94. The fourth-order valence-electron chi connectivity index (χ4n) is 3.31. The van der Waals surface area contributed by atoms with E-state index < -0.39 is 0 Å². The average Bonchev–Trinajstić information content (AvgIpc) is 3.16. The van der Waals surface area contributed by atoms with Crippen LogP contribution >= 0.6 is 0 Å². The minimum atomic E-state index is 0.0553. The van der Waals surface area contributed by atoms with Gasteiger partial charge in [0, 0.05) is 22.9 Å². The predicted octanol–water partition coefficient (Wildman–Crippen LogP) is 2.93. The molecule has 27 heavy (non-hydrogen) atoms. The van der Waals surface area contributed by atoms with Crippen molar-refractivity contribution in [3.63, 3.8) is 0 Å². The van der Waals surface area contributed by atoms with Crippen LogP contribution in [-0.4, -0.2) is 31.8 Å². The van der Waals surface area contributed by atoms with Crippen LogP contribution in [0.25, 0.3) is 22.3 Å². The monoisotopic (exact) mass is 359 g/mol. The number of nitrogen functional groups attached to an aromatic ring is 1. The summed E-state index contributed by atoms with van der Waals surface area (Å²) in [6.07, 6.45) is 2.59. The number of hydrogen-bond acceptors (Lipinski definition) is 7. The van der Waals surface area contributed by atoms with E-state index in [2.05, 4.69) is 30.5 Å². The zero-order valence-electron chi connectivity index (χ0n) is 14.4. The summed E-state index contributed by atoms with van der Waals surface area (Å²) in [6, 6.07) is 13.9. The summed E-state index contributed by atoms with van der Waals surface area (Å²) >= 11 is 0. The van der Waals surface area contributed by atoms with Crippen molar-refractivity contribution in [3.05, 3.63) is 54.2 Å². The van der Waals surface area contributed by atoms with Gasteiger partial charge in [0.1, 0.15) is 5.75 Å². The molecule has 1 unspecified atom stereocenters. The standard InChI is InChI=1S/C19H17N7O/c20-18-23-17(11-5-6-12-10-21-26-15(12)9-11)24-19(25-18)22-14-7-8-27-16-4-2-1-3-13(14)16/h1-6,9-10,14H,7-8H2,(H,21,26)(H3,20,22,23,24,25). The van der Waals surface area contributed by atoms with Crippen molar-refractivity contribution in [1.29, 1.82) is 0 Å². The van der Waals surface area contributed by atoms with Crippen LogP contribution in [0.1, 0.15) is 18.0 Å². The second-order valence-electron chi connectivity index (χ2n) is 6.38. The average molecular weight is 359 g/mol. The van der Waals surface area contributed by atoms with Gasteiger partial charge in [0.25, 0.3) is 0 Å². The van der Waals surface area contributed by atoms with Gasteiger partial charge >= 0.3 is 0 Å². The van der Waals surface area contributed by atoms with Crippen molar-refractivity contribution in [2.24, 2.45) is 0 Å². The summed E-state index contributed by atoms with van der Waals surface area (Å²) in [4.78, 5) is 13.1. The van der Waals surface area contributed by atoms with Gasteiger partial charge in [-0.15, -0.1) is 0 Å². The summed E-state index contributed by atoms with van der Waals surface area (Å²) in [5, 5.41) is 11.4. The first kappa shape index (κ1) is 15.6. The van der Waals surface area contributed by atoms with Crippen molar-refractivity contribution in [2.45, 2.75) is 12.5 Å². The Bertz CT molecular complexity index is 1120. The van der Waals surface area contributed by atoms with E-state index in [4.69, 9.17) is 10.5 Å². The number of aromatic amines is 1. The maximum Gasteiger partial charge on any atom is 0.228 e. The maximum absolute atomic E-state index is 5.94. The second-order valence-corrected chi connectivity index (χ2v) is 6.38. The first-order valence-corrected chi connectivity index (χ1v) is 8.69. The number of hydrogen-bond donors (Lipinski definition) is 3. The fourth-order valence-corrected chi connectivity index (χ4v) is 3.31. The number of H-pyrrole nitrogens is 1. The molecular formula is C19H17N7O. The Hall–Kier alpha value is -3.68. The molecule has 0 saturated heterocycles. The van der Waals surface area contributed by atoms with Crippen molar-refractivity contribution < 1.29 is 4.74 Å². The summed E-state index contributed by atoms with van der Waals surface area (Å²) in [7, 11) is 0. The van der Waals surface area contributed by atoms with Gasteiger partial charge in [-0.1, -0.05) is 30.3 Å². The smallest absolute Gasteiger partial charge is 0.228 e. The molecule has 0 radical (unpaired) electrons. The molecule has 0 amide bonds. The molecule has 0 fully saturated rings. The molecule has 134 valence electrons. The Morgan fingerprint density at radius 1 is 1.11 bits per heavy atom. The molecule has 2 aromatic heterocycles. The molecule has 0 bridgehead atoms. The van der Waals surface area contributed by atoms with E-state index in [9.17, 15) is 0 Å². The molecule has 2 aromatic carbocycles. The number of para-hydroxylation sites is 1. The lowest BCUT2D eigenvalue weighted by Crippen LogP contribution is -2.21. The quantitative estimate of drug-likeness (QED) is 0.515. The number of benzene rings is 2. The highest BCUT2D eigenvalue weighted by atomic mass is 16.5. The Labute approximate surface area is 154 Å². The topological polar surface area (TPSA) is 115 Å². The molecule has 1 aliphatic heterocycles. The van der Waals surface area contributed by atoms with Crippen LogP contribution in [0, 0.1) is 0 Å². The zero-order valence-corrected chi connectivity index (χ0v) is 14.4. The van der Waals surface area contributed by atoms with Crippen LogP contribution in [-0.2, 0) is 0 Å². The third kappa shape index (κ3) is 2.91. The SMILES string of the molecule is Nc1nc(NC2CCOc3ccccc32)nc(-c2ccc3cn[nH]c3c2)n1. The van der Waals surface area contributed by atoms with Crippen LogP contribution in [0.15, 0.2) is 48.7 Å². The Morgan fingerprint density at radius 2 is 2.04 bits per heavy atom. The molecular weight excluding hydrogens is 342 g/mol. The van der Waals surface area contributed by atoms with Crippen LogP contribution in [0.3, 0.4) is 0 Å². The molecule has 8 nitrogen and oxygen atoms in total. The first-order valence-electron chi connectivity index (χ1n) is 8.69. The minimum absolute atomic E-state index is 0.0553. The number of ether oxygens (including phenoxy) is 1. The van der Waals surface area contributed by atoms with E-state index in [1.807, 2.05) is 42.5 Å². The molecule has 4 N–H and O–H groups in total. The molecule has 3 heterocycles. The van der Waals surface area contributed by atoms with Gasteiger partial charge in [-0.3, -0.25) is 5.10 Å². The Morgan fingerprint density at radius 3 is 3.00 bits per heavy atom. The normalized spacial score (nSPS) is 15.9. The molecule has 0 aliphatic carbocycles. The molecule has 1 aliphatic rings. The lowest BCUT2D eigenvalue weighted by atomic mass is 10.0. The van der Waals surface area contributed by atoms with E-state index >= 15 is 0 Å². The van der Waals surface area contributed by atoms with Crippen molar-refractivity contribution in [1.82, 2.24) is 25.1 Å². The van der Waals surface area contributed by atoms with Crippen molar-refractivity contribution in [3.8, 4) is 17.1 Å². The van der Waals surface area contributed by atoms with E-state index in [1.165, 1.54) is 0 Å². The highest BCUT2D eigenvalue weighted by Gasteiger charge is 2.22. The highest BCUT2D eigenvalue weighted by Crippen LogP contribution is 2.33. The zero-order chi connectivity index (χ0) is 18.2. The van der Waals surface area contributed by atoms with Crippen LogP contribution in [0.4, 0.5) is 11.9 Å². The predicted molar refractivity (Wildman–Crippen MR) is 102 cm³/mol. The fraction of sp³-hybridized carbons (Fsp3) is 0.158. The molecule has 0 saturated carbocycles. The van der Waals surface area contributed by atoms with E-state index in [0.29, 0.717) is 18.4 Å². The molecule has 4 aromatic rings. The summed E-state index contributed by atoms with van der Waals surface area (Å²) in [5.41, 5.74) is 8.79. The second kappa shape index (κ2) is 6.24. The van der Waals surface area contributed by atoms with E-state index in [1.54, 1.807) is 6.20 Å². The number of rotatable bonds is 3. The molecule has 8 heteroatoms. The van der Waals surface area contributed by atoms with Crippen LogP contribution < -0.4 is 15.8 Å². The summed E-state index contributed by atoms with van der Waals surface area (Å²) in [6.45, 7) is 0.637. The summed E-state index contributed by atoms with van der Waals surface area (Å²) < 4.78 is 5.71. The molecule has 5 rings (SSSR count). The number of aromatic nitrogens is 5. The highest BCUT2D eigenvalue weighted by molar-refractivity contribution is 5.82. The Balaban J connectivity index is 1.49. The van der Waals surface area contributed by atoms with Crippen molar-refractivity contribution in [2.75, 3.05) is 17.7 Å². The van der Waals surface area contributed by atoms with Gasteiger partial charge in [-0.05, 0) is 12.1 Å². The third-order valence-corrected chi connectivity index (χ3v) is 4.61. The number of anilines is 2. The molecule has 1 atom stereocenters. The van der Waals surface area contributed by atoms with E-state index in [0.717, 1.165) is 34.2 Å². The minimum Gasteiger partial charge on any atom is -0.493 e. The van der Waals surface area contributed by atoms with Crippen LogP contribution in [0.2, 0.25) is 0 Å². The lowest BCUT2D eigenvalue weighted by Gasteiger charge is -2.26. The van der Waals surface area contributed by atoms with Gasteiger partial charge in [0.05, 0.1) is 24.4 Å². The summed E-state index contributed by atoms with van der Waals surface area (Å²) in [5.74, 6) is 2.02. The Kier molecular flexibility index (Phi) is 3.60. The first-order chi connectivity index (χ1) is 13.3. The van der Waals surface area contributed by atoms with Gasteiger partial charge in [-0.2, -0.15) is 20.1 Å². The van der Waals surface area contributed by atoms with Crippen molar-refractivity contribution >= 4 is 22.8 Å². The third-order valence-electron chi connectivity index (χ3n) is 4.61. The number of nitrogens with zero attached hydrogens (tertiary/aromatic N) is 4. The lowest BCUT2D eigenvalue weighted by molar-refractivity contribution is 0.274. The number of nitrogens with two attached hydrogens (primary N) is 1. The van der Waals surface area contributed by atoms with Gasteiger partial charge < -0.3 is 15.8 Å². The van der Waals surface area contributed by atoms with Gasteiger partial charge in [0.2, 0.25) is 11.9 Å².